The smallest absolute Gasteiger partial charge is 0.328 e. The predicted octanol–water partition coefficient (Wildman–Crippen LogP) is -0.940. The number of nitrogens with zero attached hydrogens (tertiary/aromatic N) is 1. The molecule has 0 aliphatic carbocycles. The van der Waals surface area contributed by atoms with Crippen LogP contribution in [0.5, 0.6) is 0 Å². The second kappa shape index (κ2) is 7.51. The van der Waals surface area contributed by atoms with Crippen molar-refractivity contribution in [3.8, 4) is 0 Å². The van der Waals surface area contributed by atoms with Crippen molar-refractivity contribution in [3.63, 3.8) is 0 Å². The molecule has 0 aliphatic heterocycles. The fourth-order valence-corrected chi connectivity index (χ4v) is 0.877. The van der Waals surface area contributed by atoms with Crippen molar-refractivity contribution in [1.82, 2.24) is 5.43 Å². The lowest BCUT2D eigenvalue weighted by Gasteiger charge is -2.05. The van der Waals surface area contributed by atoms with E-state index in [2.05, 4.69) is 10.4 Å². The lowest BCUT2D eigenvalue weighted by molar-refractivity contribution is -0.138. The Bertz CT molecular complexity index is 172. The summed E-state index contributed by atoms with van der Waals surface area (Å²) in [6.07, 6.45) is 3.25. The molecule has 13 heavy (non-hydrogen) atoms. The van der Waals surface area contributed by atoms with Gasteiger partial charge in [-0.1, -0.05) is 0 Å². The minimum absolute atomic E-state index is 0.491. The zero-order valence-electron chi connectivity index (χ0n) is 7.44. The highest BCUT2D eigenvalue weighted by atomic mass is 16.4. The molecule has 0 aromatic carbocycles. The van der Waals surface area contributed by atoms with Crippen molar-refractivity contribution in [3.05, 3.63) is 0 Å². The van der Waals surface area contributed by atoms with Crippen LogP contribution in [0.4, 0.5) is 0 Å². The van der Waals surface area contributed by atoms with Crippen LogP contribution in [0, 0.1) is 0 Å². The summed E-state index contributed by atoms with van der Waals surface area (Å²) in [5.41, 5.74) is 7.44. The fraction of sp³-hybridized carbons (Fsp3) is 0.714. The number of rotatable bonds is 7. The summed E-state index contributed by atoms with van der Waals surface area (Å²) < 4.78 is 0. The van der Waals surface area contributed by atoms with E-state index in [-0.39, 0.29) is 0 Å². The van der Waals surface area contributed by atoms with E-state index in [9.17, 15) is 4.79 Å². The summed E-state index contributed by atoms with van der Waals surface area (Å²) in [6, 6.07) is -0.720. The topological polar surface area (TPSA) is 114 Å². The van der Waals surface area contributed by atoms with Crippen LogP contribution >= 0.6 is 0 Å². The second-order valence-electron chi connectivity index (χ2n) is 2.58. The largest absolute Gasteiger partial charge is 0.480 e. The number of unbranched alkanes of at least 4 members (excludes halogenated alkanes) is 1. The maximum absolute atomic E-state index is 10.6. The summed E-state index contributed by atoms with van der Waals surface area (Å²) in [5.74, 6) is 3.98. The van der Waals surface area contributed by atoms with E-state index in [1.165, 1.54) is 6.34 Å². The molecule has 0 heterocycles. The molecule has 0 rings (SSSR count). The number of carbonyl (C=O) groups is 1. The maximum Gasteiger partial charge on any atom is 0.328 e. The number of hydrogen-bond acceptors (Lipinski definition) is 4. The first-order valence-corrected chi connectivity index (χ1v) is 4.13. The zero-order chi connectivity index (χ0) is 10.1. The van der Waals surface area contributed by atoms with Gasteiger partial charge in [0.05, 0.1) is 6.34 Å². The van der Waals surface area contributed by atoms with E-state index >= 15 is 0 Å². The number of nitrogens with one attached hydrogen (secondary N) is 1. The average molecular weight is 188 g/mol. The van der Waals surface area contributed by atoms with Crippen LogP contribution in [-0.2, 0) is 4.79 Å². The molecule has 6 N–H and O–H groups in total. The Balaban J connectivity index is 3.81. The number of nitrogens with two attached hydrogens (primary N) is 2. The minimum atomic E-state index is -0.941. The van der Waals surface area contributed by atoms with E-state index in [0.29, 0.717) is 13.0 Å². The van der Waals surface area contributed by atoms with E-state index in [4.69, 9.17) is 16.7 Å². The number of carboxylic acids is 1. The molecule has 0 bridgehead atoms. The van der Waals surface area contributed by atoms with Crippen molar-refractivity contribution in [2.75, 3.05) is 6.54 Å². The van der Waals surface area contributed by atoms with Gasteiger partial charge >= 0.3 is 5.97 Å². The number of aliphatic imine (C=N–C) groups is 1. The molecule has 0 aliphatic rings. The number of carboxylic acid groups (broad SMARTS) is 1. The van der Waals surface area contributed by atoms with Crippen molar-refractivity contribution < 1.29 is 9.90 Å². The highest BCUT2D eigenvalue weighted by Gasteiger charge is 2.13. The monoisotopic (exact) mass is 188 g/mol. The molecular weight excluding hydrogens is 172 g/mol. The van der Waals surface area contributed by atoms with Gasteiger partial charge in [0.2, 0.25) is 0 Å². The highest BCUT2D eigenvalue weighted by Crippen LogP contribution is 2.03. The molecular formula is C7H16N4O2. The first-order valence-electron chi connectivity index (χ1n) is 4.13. The molecule has 76 valence electrons. The molecule has 0 radical (unpaired) electrons. The summed E-state index contributed by atoms with van der Waals surface area (Å²) in [5, 5.41) is 8.69. The molecule has 0 saturated carbocycles. The molecule has 0 aromatic rings. The molecule has 0 spiro atoms. The van der Waals surface area contributed by atoms with Gasteiger partial charge in [-0.05, 0) is 25.8 Å². The van der Waals surface area contributed by atoms with Gasteiger partial charge in [-0.25, -0.2) is 10.6 Å². The van der Waals surface area contributed by atoms with Gasteiger partial charge in [0.15, 0.2) is 0 Å². The predicted molar refractivity (Wildman–Crippen MR) is 50.1 cm³/mol. The fourth-order valence-electron chi connectivity index (χ4n) is 0.877. The third-order valence-corrected chi connectivity index (χ3v) is 1.55. The van der Waals surface area contributed by atoms with E-state index in [1.807, 2.05) is 0 Å². The van der Waals surface area contributed by atoms with Gasteiger partial charge in [-0.2, -0.15) is 0 Å². The molecule has 6 nitrogen and oxygen atoms in total. The Kier molecular flexibility index (Phi) is 6.85. The van der Waals surface area contributed by atoms with Crippen LogP contribution in [0.15, 0.2) is 4.99 Å². The first-order chi connectivity index (χ1) is 6.22. The van der Waals surface area contributed by atoms with Crippen molar-refractivity contribution in [2.45, 2.75) is 25.3 Å². The van der Waals surface area contributed by atoms with Crippen molar-refractivity contribution in [2.24, 2.45) is 16.6 Å². The Morgan fingerprint density at radius 1 is 1.62 bits per heavy atom. The highest BCUT2D eigenvalue weighted by molar-refractivity contribution is 5.75. The van der Waals surface area contributed by atoms with Crippen LogP contribution in [0.25, 0.3) is 0 Å². The molecule has 0 amide bonds. The maximum atomic E-state index is 10.6. The van der Waals surface area contributed by atoms with E-state index in [1.54, 1.807) is 0 Å². The van der Waals surface area contributed by atoms with Crippen LogP contribution in [0.2, 0.25) is 0 Å². The van der Waals surface area contributed by atoms with Crippen LogP contribution in [-0.4, -0.2) is 30.0 Å². The first kappa shape index (κ1) is 11.9. The Morgan fingerprint density at radius 2 is 2.31 bits per heavy atom. The Labute approximate surface area is 77.0 Å². The molecule has 0 fully saturated rings. The van der Waals surface area contributed by atoms with Gasteiger partial charge in [0.25, 0.3) is 0 Å². The second-order valence-corrected chi connectivity index (χ2v) is 2.58. The van der Waals surface area contributed by atoms with Gasteiger partial charge in [0.1, 0.15) is 6.04 Å². The van der Waals surface area contributed by atoms with Gasteiger partial charge in [-0.3, -0.25) is 4.99 Å². The molecule has 0 aromatic heterocycles. The van der Waals surface area contributed by atoms with Crippen molar-refractivity contribution >= 4 is 12.3 Å². The summed E-state index contributed by atoms with van der Waals surface area (Å²) in [6.45, 7) is 0.575. The molecule has 1 atom stereocenters. The van der Waals surface area contributed by atoms with Crippen LogP contribution in [0.1, 0.15) is 19.3 Å². The third-order valence-electron chi connectivity index (χ3n) is 1.55. The number of hydrogen-bond donors (Lipinski definition) is 4. The average Bonchev–Trinajstić information content (AvgIpc) is 2.10. The quantitative estimate of drug-likeness (QED) is 0.135. The summed E-state index contributed by atoms with van der Waals surface area (Å²) in [4.78, 5) is 14.3. The van der Waals surface area contributed by atoms with Gasteiger partial charge in [-0.15, -0.1) is 0 Å². The van der Waals surface area contributed by atoms with Crippen LogP contribution < -0.4 is 17.0 Å². The normalized spacial score (nSPS) is 13.1. The minimum Gasteiger partial charge on any atom is -0.480 e. The summed E-state index contributed by atoms with van der Waals surface area (Å²) in [7, 11) is 0. The van der Waals surface area contributed by atoms with Crippen molar-refractivity contribution in [1.29, 1.82) is 0 Å². The Hall–Kier alpha value is -1.14. The van der Waals surface area contributed by atoms with Gasteiger partial charge < -0.3 is 16.3 Å². The number of hydrazine groups is 1. The molecule has 6 heteroatoms. The van der Waals surface area contributed by atoms with E-state index in [0.717, 1.165) is 12.8 Å². The Morgan fingerprint density at radius 3 is 2.77 bits per heavy atom. The standard InChI is InChI=1S/C7H16N4O2/c8-4-2-1-3-6(7(12)13)10-5-11-9/h5-6H,1-4,8-9H2,(H,10,11)(H,12,13). The lowest BCUT2D eigenvalue weighted by atomic mass is 10.1. The number of aliphatic carboxylic acids is 1. The SMILES string of the molecule is NCCCCC(N=CNN)C(=O)O. The van der Waals surface area contributed by atoms with Crippen LogP contribution in [0.3, 0.4) is 0 Å². The molecule has 0 saturated heterocycles. The lowest BCUT2D eigenvalue weighted by Crippen LogP contribution is -2.24. The molecule has 1 unspecified atom stereocenters. The third kappa shape index (κ3) is 6.06. The van der Waals surface area contributed by atoms with Gasteiger partial charge in [0, 0.05) is 0 Å². The zero-order valence-corrected chi connectivity index (χ0v) is 7.44. The summed E-state index contributed by atoms with van der Waals surface area (Å²) >= 11 is 0. The van der Waals surface area contributed by atoms with E-state index < -0.39 is 12.0 Å².